The first kappa shape index (κ1) is 20.0. The van der Waals surface area contributed by atoms with Gasteiger partial charge in [0.2, 0.25) is 5.91 Å². The summed E-state index contributed by atoms with van der Waals surface area (Å²) in [7, 11) is 4.27. The van der Waals surface area contributed by atoms with Crippen LogP contribution in [0.1, 0.15) is 44.9 Å². The van der Waals surface area contributed by atoms with Crippen LogP contribution in [0.5, 0.6) is 0 Å². The fraction of sp³-hybridized carbons (Fsp3) is 0.929. The van der Waals surface area contributed by atoms with Gasteiger partial charge in [-0.2, -0.15) is 0 Å². The van der Waals surface area contributed by atoms with Crippen molar-refractivity contribution in [2.24, 2.45) is 0 Å². The molecule has 120 valence electrons. The number of hydrogen-bond acceptors (Lipinski definition) is 3. The van der Waals surface area contributed by atoms with Crippen molar-refractivity contribution in [1.29, 1.82) is 0 Å². The Morgan fingerprint density at radius 2 is 1.85 bits per heavy atom. The van der Waals surface area contributed by atoms with E-state index in [0.717, 1.165) is 19.5 Å². The van der Waals surface area contributed by atoms with Gasteiger partial charge in [-0.15, -0.1) is 24.8 Å². The highest BCUT2D eigenvalue weighted by Gasteiger charge is 2.36. The molecule has 1 amide bonds. The Hall–Kier alpha value is -0.0300. The molecule has 1 heterocycles. The Bertz CT molecular complexity index is 288. The molecule has 0 spiro atoms. The van der Waals surface area contributed by atoms with Crippen LogP contribution in [0, 0.1) is 0 Å². The van der Waals surface area contributed by atoms with Crippen molar-refractivity contribution >= 4 is 30.7 Å². The molecule has 4 nitrogen and oxygen atoms in total. The zero-order chi connectivity index (χ0) is 13.0. The molecule has 1 saturated carbocycles. The molecule has 2 N–H and O–H groups in total. The van der Waals surface area contributed by atoms with Crippen LogP contribution < -0.4 is 10.6 Å². The van der Waals surface area contributed by atoms with Crippen LogP contribution in [0.2, 0.25) is 0 Å². The van der Waals surface area contributed by atoms with Gasteiger partial charge >= 0.3 is 0 Å². The van der Waals surface area contributed by atoms with Gasteiger partial charge in [-0.05, 0) is 46.3 Å². The van der Waals surface area contributed by atoms with Gasteiger partial charge in [0.1, 0.15) is 0 Å². The molecule has 0 aromatic rings. The predicted octanol–water partition coefficient (Wildman–Crippen LogP) is 1.96. The highest BCUT2D eigenvalue weighted by Crippen LogP contribution is 2.33. The third-order valence-corrected chi connectivity index (χ3v) is 4.70. The number of hydrogen-bond donors (Lipinski definition) is 2. The fourth-order valence-corrected chi connectivity index (χ4v) is 3.27. The maximum Gasteiger partial charge on any atom is 0.237 e. The topological polar surface area (TPSA) is 44.4 Å². The zero-order valence-corrected chi connectivity index (χ0v) is 14.2. The van der Waals surface area contributed by atoms with E-state index in [0.29, 0.717) is 0 Å². The van der Waals surface area contributed by atoms with Crippen molar-refractivity contribution < 1.29 is 4.79 Å². The predicted molar refractivity (Wildman–Crippen MR) is 88.0 cm³/mol. The van der Waals surface area contributed by atoms with Gasteiger partial charge in [0.15, 0.2) is 0 Å². The molecular formula is C14H29Cl2N3O. The van der Waals surface area contributed by atoms with E-state index in [1.807, 2.05) is 0 Å². The molecule has 0 aromatic carbocycles. The standard InChI is InChI=1S/C14H27N3O.2ClH/c1-17(2)14(8-4-5-9-14)11-16-13(18)12-7-3-6-10-15-12;;/h12,15H,3-11H2,1-2H3,(H,16,18);2*1H. The van der Waals surface area contributed by atoms with E-state index in [-0.39, 0.29) is 42.3 Å². The second kappa shape index (κ2) is 9.08. The number of halogens is 2. The molecule has 2 rings (SSSR count). The van der Waals surface area contributed by atoms with Gasteiger partial charge in [-0.25, -0.2) is 0 Å². The lowest BCUT2D eigenvalue weighted by Gasteiger charge is -2.37. The first-order valence-electron chi connectivity index (χ1n) is 7.33. The summed E-state index contributed by atoms with van der Waals surface area (Å²) in [6.45, 7) is 1.79. The Balaban J connectivity index is 0.00000180. The average molecular weight is 326 g/mol. The molecule has 0 aromatic heterocycles. The summed E-state index contributed by atoms with van der Waals surface area (Å²) >= 11 is 0. The molecular weight excluding hydrogens is 297 g/mol. The first-order chi connectivity index (χ1) is 8.64. The summed E-state index contributed by atoms with van der Waals surface area (Å²) in [4.78, 5) is 14.4. The Kier molecular flexibility index (Phi) is 9.07. The van der Waals surface area contributed by atoms with Crippen LogP contribution in [0.15, 0.2) is 0 Å². The van der Waals surface area contributed by atoms with Crippen LogP contribution in [-0.2, 0) is 4.79 Å². The smallest absolute Gasteiger partial charge is 0.237 e. The third-order valence-electron chi connectivity index (χ3n) is 4.70. The minimum Gasteiger partial charge on any atom is -0.353 e. The third kappa shape index (κ3) is 4.76. The van der Waals surface area contributed by atoms with Gasteiger partial charge in [0, 0.05) is 12.1 Å². The van der Waals surface area contributed by atoms with E-state index in [4.69, 9.17) is 0 Å². The Morgan fingerprint density at radius 3 is 2.35 bits per heavy atom. The maximum atomic E-state index is 12.1. The van der Waals surface area contributed by atoms with Crippen molar-refractivity contribution in [1.82, 2.24) is 15.5 Å². The van der Waals surface area contributed by atoms with Crippen molar-refractivity contribution in [3.63, 3.8) is 0 Å². The number of piperidine rings is 1. The SMILES string of the molecule is CN(C)C1(CNC(=O)C2CCCCN2)CCCC1.Cl.Cl. The molecule has 1 atom stereocenters. The zero-order valence-electron chi connectivity index (χ0n) is 12.6. The molecule has 1 aliphatic carbocycles. The number of carbonyl (C=O) groups is 1. The van der Waals surface area contributed by atoms with E-state index < -0.39 is 0 Å². The van der Waals surface area contributed by atoms with Gasteiger partial charge in [0.05, 0.1) is 6.04 Å². The number of nitrogens with one attached hydrogen (secondary N) is 2. The van der Waals surface area contributed by atoms with Gasteiger partial charge in [0.25, 0.3) is 0 Å². The van der Waals surface area contributed by atoms with Gasteiger partial charge < -0.3 is 15.5 Å². The van der Waals surface area contributed by atoms with Crippen LogP contribution >= 0.6 is 24.8 Å². The Morgan fingerprint density at radius 1 is 1.20 bits per heavy atom. The monoisotopic (exact) mass is 325 g/mol. The van der Waals surface area contributed by atoms with Crippen LogP contribution in [0.3, 0.4) is 0 Å². The number of amides is 1. The number of nitrogens with zero attached hydrogens (tertiary/aromatic N) is 1. The van der Waals surface area contributed by atoms with Gasteiger partial charge in [-0.3, -0.25) is 4.79 Å². The molecule has 1 unspecified atom stereocenters. The van der Waals surface area contributed by atoms with Gasteiger partial charge in [-0.1, -0.05) is 19.3 Å². The molecule has 2 fully saturated rings. The van der Waals surface area contributed by atoms with Crippen LogP contribution in [0.4, 0.5) is 0 Å². The van der Waals surface area contributed by atoms with Crippen LogP contribution in [-0.4, -0.2) is 49.6 Å². The van der Waals surface area contributed by atoms with Crippen molar-refractivity contribution in [2.75, 3.05) is 27.2 Å². The molecule has 1 aliphatic heterocycles. The summed E-state index contributed by atoms with van der Waals surface area (Å²) in [6, 6.07) is 0.0411. The maximum absolute atomic E-state index is 12.1. The molecule has 2 aliphatic rings. The van der Waals surface area contributed by atoms with Crippen molar-refractivity contribution in [3.8, 4) is 0 Å². The summed E-state index contributed by atoms with van der Waals surface area (Å²) in [6.07, 6.45) is 8.35. The lowest BCUT2D eigenvalue weighted by molar-refractivity contribution is -0.124. The Labute approximate surface area is 135 Å². The molecule has 6 heteroatoms. The fourth-order valence-electron chi connectivity index (χ4n) is 3.27. The first-order valence-corrected chi connectivity index (χ1v) is 7.33. The summed E-state index contributed by atoms with van der Waals surface area (Å²) in [5.74, 6) is 0.197. The minimum atomic E-state index is 0. The minimum absolute atomic E-state index is 0. The molecule has 0 radical (unpaired) electrons. The highest BCUT2D eigenvalue weighted by molar-refractivity contribution is 5.85. The quantitative estimate of drug-likeness (QED) is 0.830. The number of likely N-dealkylation sites (N-methyl/N-ethyl adjacent to an activating group) is 1. The highest BCUT2D eigenvalue weighted by atomic mass is 35.5. The molecule has 0 bridgehead atoms. The summed E-state index contributed by atoms with van der Waals surface area (Å²) in [5.41, 5.74) is 0.199. The van der Waals surface area contributed by atoms with Crippen molar-refractivity contribution in [2.45, 2.75) is 56.5 Å². The second-order valence-corrected chi connectivity index (χ2v) is 6.05. The lowest BCUT2D eigenvalue weighted by Crippen LogP contribution is -2.54. The van der Waals surface area contributed by atoms with E-state index in [1.54, 1.807) is 0 Å². The van der Waals surface area contributed by atoms with Crippen molar-refractivity contribution in [3.05, 3.63) is 0 Å². The molecule has 1 saturated heterocycles. The van der Waals surface area contributed by atoms with E-state index >= 15 is 0 Å². The van der Waals surface area contributed by atoms with E-state index in [9.17, 15) is 4.79 Å². The number of carbonyl (C=O) groups excluding carboxylic acids is 1. The average Bonchev–Trinajstić information content (AvgIpc) is 2.87. The normalized spacial score (nSPS) is 24.6. The largest absolute Gasteiger partial charge is 0.353 e. The summed E-state index contributed by atoms with van der Waals surface area (Å²) < 4.78 is 0. The summed E-state index contributed by atoms with van der Waals surface area (Å²) in [5, 5.41) is 6.48. The number of rotatable bonds is 4. The lowest BCUT2D eigenvalue weighted by atomic mass is 9.95. The second-order valence-electron chi connectivity index (χ2n) is 6.05. The van der Waals surface area contributed by atoms with E-state index in [1.165, 1.54) is 38.5 Å². The van der Waals surface area contributed by atoms with Crippen LogP contribution in [0.25, 0.3) is 0 Å². The van der Waals surface area contributed by atoms with E-state index in [2.05, 4.69) is 29.6 Å². The molecule has 20 heavy (non-hydrogen) atoms.